The van der Waals surface area contributed by atoms with Crippen LogP contribution in [0.3, 0.4) is 0 Å². The number of nitrogens with two attached hydrogens (primary N) is 1. The van der Waals surface area contributed by atoms with Crippen LogP contribution in [0.15, 0.2) is 29.8 Å². The third-order valence-electron chi connectivity index (χ3n) is 14.5. The number of nitrogen functional groups attached to an aromatic ring is 1. The van der Waals surface area contributed by atoms with Gasteiger partial charge in [0, 0.05) is 11.0 Å². The van der Waals surface area contributed by atoms with Gasteiger partial charge in [-0.1, -0.05) is 66.2 Å². The van der Waals surface area contributed by atoms with E-state index in [2.05, 4.69) is 59.6 Å². The van der Waals surface area contributed by atoms with Crippen molar-refractivity contribution in [1.29, 1.82) is 0 Å². The second kappa shape index (κ2) is 8.75. The van der Waals surface area contributed by atoms with Crippen LogP contribution in [0.1, 0.15) is 117 Å². The highest BCUT2D eigenvalue weighted by atomic mass is 19.1. The number of rotatable bonds is 2. The fourth-order valence-corrected chi connectivity index (χ4v) is 12.1. The Morgan fingerprint density at radius 3 is 2.44 bits per heavy atom. The van der Waals surface area contributed by atoms with Gasteiger partial charge in [-0.25, -0.2) is 4.39 Å². The number of anilines is 1. The summed E-state index contributed by atoms with van der Waals surface area (Å²) in [5, 5.41) is 18.8. The van der Waals surface area contributed by atoms with Crippen LogP contribution in [0.4, 0.5) is 10.2 Å². The monoisotopic (exact) mass is 587 g/mol. The average Bonchev–Trinajstić information content (AvgIpc) is 3.28. The van der Waals surface area contributed by atoms with Gasteiger partial charge < -0.3 is 10.8 Å². The zero-order valence-electron chi connectivity index (χ0n) is 27.2. The van der Waals surface area contributed by atoms with Crippen LogP contribution in [-0.2, 0) is 16.6 Å². The minimum Gasteiger partial charge on any atom is -0.481 e. The second-order valence-electron chi connectivity index (χ2n) is 17.3. The van der Waals surface area contributed by atoms with Crippen molar-refractivity contribution in [2.45, 2.75) is 112 Å². The van der Waals surface area contributed by atoms with Crippen molar-refractivity contribution in [1.82, 2.24) is 10.2 Å². The Morgan fingerprint density at radius 2 is 1.74 bits per heavy atom. The lowest BCUT2D eigenvalue weighted by atomic mass is 9.33. The molecule has 5 aliphatic carbocycles. The van der Waals surface area contributed by atoms with Gasteiger partial charge in [-0.15, -0.1) is 0 Å². The van der Waals surface area contributed by atoms with E-state index in [4.69, 9.17) is 10.8 Å². The van der Waals surface area contributed by atoms with Crippen LogP contribution in [0.25, 0.3) is 5.57 Å². The first-order chi connectivity index (χ1) is 20.0. The Morgan fingerprint density at radius 1 is 1.02 bits per heavy atom. The van der Waals surface area contributed by atoms with E-state index < -0.39 is 11.4 Å². The van der Waals surface area contributed by atoms with Crippen molar-refractivity contribution < 1.29 is 14.3 Å². The van der Waals surface area contributed by atoms with Gasteiger partial charge in [-0.05, 0) is 120 Å². The van der Waals surface area contributed by atoms with Crippen molar-refractivity contribution in [2.75, 3.05) is 5.73 Å². The summed E-state index contributed by atoms with van der Waals surface area (Å²) in [7, 11) is 0. The van der Waals surface area contributed by atoms with Crippen molar-refractivity contribution in [3.8, 4) is 0 Å². The molecule has 3 saturated carbocycles. The summed E-state index contributed by atoms with van der Waals surface area (Å²) in [5.74, 6) is 0.539. The topological polar surface area (TPSA) is 92.0 Å². The molecule has 2 aromatic rings. The number of aliphatic carboxylic acids is 1. The molecular formula is C37H50FN3O2. The lowest BCUT2D eigenvalue weighted by molar-refractivity contribution is -0.175. The number of benzene rings is 1. The number of hydrogen-bond donors (Lipinski definition) is 3. The SMILES string of the molecule is CC1(C)CCC2(C(=O)O)CCC3(C)C(=C(c4cccc(F)c4)CC4C5(C)Cc6c(n[nH]c6N)C(C)(C)C5CCC43C)C2C1. The van der Waals surface area contributed by atoms with E-state index in [0.29, 0.717) is 30.5 Å². The molecule has 6 heteroatoms. The maximum absolute atomic E-state index is 15.0. The van der Waals surface area contributed by atoms with Crippen molar-refractivity contribution in [3.05, 3.63) is 52.5 Å². The molecule has 1 aromatic heterocycles. The number of H-pyrrole nitrogens is 1. The van der Waals surface area contributed by atoms with Crippen LogP contribution >= 0.6 is 0 Å². The van der Waals surface area contributed by atoms with Gasteiger partial charge in [0.2, 0.25) is 0 Å². The van der Waals surface area contributed by atoms with E-state index in [0.717, 1.165) is 56.2 Å². The Bertz CT molecular complexity index is 1550. The van der Waals surface area contributed by atoms with Crippen LogP contribution in [0.5, 0.6) is 0 Å². The molecular weight excluding hydrogens is 537 g/mol. The van der Waals surface area contributed by atoms with Gasteiger partial charge in [0.15, 0.2) is 0 Å². The quantitative estimate of drug-likeness (QED) is 0.328. The fourth-order valence-electron chi connectivity index (χ4n) is 12.1. The number of aromatic nitrogens is 2. The van der Waals surface area contributed by atoms with Crippen molar-refractivity contribution in [2.24, 2.45) is 44.8 Å². The van der Waals surface area contributed by atoms with E-state index in [9.17, 15) is 14.3 Å². The fraction of sp³-hybridized carbons (Fsp3) is 0.676. The lowest BCUT2D eigenvalue weighted by Crippen LogP contribution is -2.65. The largest absolute Gasteiger partial charge is 0.481 e. The number of aromatic amines is 1. The van der Waals surface area contributed by atoms with Crippen LogP contribution in [0.2, 0.25) is 0 Å². The molecule has 4 N–H and O–H groups in total. The lowest BCUT2D eigenvalue weighted by Gasteiger charge is -2.71. The van der Waals surface area contributed by atoms with Crippen LogP contribution < -0.4 is 5.73 Å². The summed E-state index contributed by atoms with van der Waals surface area (Å²) in [6, 6.07) is 7.13. The summed E-state index contributed by atoms with van der Waals surface area (Å²) in [6.45, 7) is 16.8. The Balaban J connectivity index is 1.49. The molecule has 43 heavy (non-hydrogen) atoms. The third kappa shape index (κ3) is 3.61. The minimum absolute atomic E-state index is 0.0251. The van der Waals surface area contributed by atoms with Crippen molar-refractivity contribution in [3.63, 3.8) is 0 Å². The molecule has 0 amide bonds. The third-order valence-corrected chi connectivity index (χ3v) is 14.5. The normalized spacial score (nSPS) is 40.9. The van der Waals surface area contributed by atoms with E-state index >= 15 is 0 Å². The molecule has 7 atom stereocenters. The number of carboxylic acid groups (broad SMARTS) is 1. The smallest absolute Gasteiger partial charge is 0.310 e. The maximum Gasteiger partial charge on any atom is 0.310 e. The Labute approximate surface area is 256 Å². The highest BCUT2D eigenvalue weighted by Gasteiger charge is 2.70. The van der Waals surface area contributed by atoms with Gasteiger partial charge in [0.25, 0.3) is 0 Å². The second-order valence-corrected chi connectivity index (χ2v) is 17.3. The molecule has 232 valence electrons. The molecule has 0 saturated heterocycles. The molecule has 0 bridgehead atoms. The number of halogens is 1. The first kappa shape index (κ1) is 29.1. The molecule has 0 spiro atoms. The summed E-state index contributed by atoms with van der Waals surface area (Å²) < 4.78 is 15.0. The highest BCUT2D eigenvalue weighted by molar-refractivity contribution is 5.80. The van der Waals surface area contributed by atoms with Crippen molar-refractivity contribution >= 4 is 17.4 Å². The van der Waals surface area contributed by atoms with Gasteiger partial charge in [-0.3, -0.25) is 9.89 Å². The number of hydrogen-bond acceptors (Lipinski definition) is 3. The maximum atomic E-state index is 15.0. The summed E-state index contributed by atoms with van der Waals surface area (Å²) in [5.41, 5.74) is 11.3. The Hall–Kier alpha value is -2.63. The van der Waals surface area contributed by atoms with Crippen LogP contribution in [0, 0.1) is 50.6 Å². The summed E-state index contributed by atoms with van der Waals surface area (Å²) >= 11 is 0. The average molecular weight is 588 g/mol. The molecule has 3 fully saturated rings. The zero-order chi connectivity index (χ0) is 31.0. The first-order valence-electron chi connectivity index (χ1n) is 16.6. The summed E-state index contributed by atoms with van der Waals surface area (Å²) in [6.07, 6.45) is 8.03. The van der Waals surface area contributed by atoms with Crippen LogP contribution in [-0.4, -0.2) is 21.3 Å². The van der Waals surface area contributed by atoms with Gasteiger partial charge in [0.05, 0.1) is 11.1 Å². The molecule has 5 aliphatic rings. The van der Waals surface area contributed by atoms with Gasteiger partial charge in [0.1, 0.15) is 11.6 Å². The molecule has 0 radical (unpaired) electrons. The Kier molecular flexibility index (Phi) is 5.92. The number of carboxylic acids is 1. The number of carbonyl (C=O) groups is 1. The van der Waals surface area contributed by atoms with E-state index in [1.165, 1.54) is 22.8 Å². The predicted molar refractivity (Wildman–Crippen MR) is 169 cm³/mol. The van der Waals surface area contributed by atoms with E-state index in [-0.39, 0.29) is 38.8 Å². The molecule has 1 aromatic carbocycles. The molecule has 5 nitrogen and oxygen atoms in total. The first-order valence-corrected chi connectivity index (χ1v) is 16.6. The zero-order valence-corrected chi connectivity index (χ0v) is 27.2. The number of nitrogens with one attached hydrogen (secondary N) is 1. The predicted octanol–water partition coefficient (Wildman–Crippen LogP) is 8.56. The molecule has 0 aliphatic heterocycles. The van der Waals surface area contributed by atoms with Gasteiger partial charge in [-0.2, -0.15) is 5.10 Å². The van der Waals surface area contributed by atoms with E-state index in [1.54, 1.807) is 6.07 Å². The number of allylic oxidation sites excluding steroid dienone is 2. The summed E-state index contributed by atoms with van der Waals surface area (Å²) in [4.78, 5) is 13.3. The number of nitrogens with zero attached hydrogens (tertiary/aromatic N) is 1. The molecule has 7 unspecified atom stereocenters. The van der Waals surface area contributed by atoms with E-state index in [1.807, 2.05) is 6.07 Å². The molecule has 7 rings (SSSR count). The van der Waals surface area contributed by atoms with Gasteiger partial charge >= 0.3 is 5.97 Å². The minimum atomic E-state index is -0.750. The molecule has 1 heterocycles. The highest BCUT2D eigenvalue weighted by Crippen LogP contribution is 2.77. The number of fused-ring (bicyclic) bond motifs is 8. The standard InChI is InChI=1S/C37H50FN3O2/c1-32(2)13-15-37(31(42)43)16-14-36(7)28(25(37)20-32)23(21-9-8-10-22(38)17-21)18-27-34(5)19-24-29(40-41-30(24)39)33(3,4)26(34)11-12-35(27,36)6/h8-10,17,25-27H,11-16,18-20H2,1-7H3,(H,42,43)(H3,39,40,41).